The molecule has 0 bridgehead atoms. The van der Waals surface area contributed by atoms with Gasteiger partial charge in [-0.05, 0) is 20.8 Å². The molecule has 0 aliphatic rings. The first-order chi connectivity index (χ1) is 6.50. The summed E-state index contributed by atoms with van der Waals surface area (Å²) in [7, 11) is 0. The number of primary amides is 1. The number of carbonyl (C=O) groups excluding carboxylic acids is 1. The van der Waals surface area contributed by atoms with Gasteiger partial charge < -0.3 is 5.73 Å². The van der Waals surface area contributed by atoms with Gasteiger partial charge in [0.1, 0.15) is 5.01 Å². The van der Waals surface area contributed by atoms with E-state index in [0.29, 0.717) is 0 Å². The number of amides is 1. The van der Waals surface area contributed by atoms with Crippen molar-refractivity contribution in [3.63, 3.8) is 0 Å². The van der Waals surface area contributed by atoms with Crippen LogP contribution in [0.2, 0.25) is 0 Å². The SMILES string of the molecule is Cc1cnc(C(C)NC(C)C(N)=O)s1. The predicted molar refractivity (Wildman–Crippen MR) is 57.1 cm³/mol. The fraction of sp³-hybridized carbons (Fsp3) is 0.556. The van der Waals surface area contributed by atoms with E-state index in [4.69, 9.17) is 5.73 Å². The highest BCUT2D eigenvalue weighted by Gasteiger charge is 2.15. The second kappa shape index (κ2) is 4.52. The van der Waals surface area contributed by atoms with Gasteiger partial charge >= 0.3 is 0 Å². The number of carbonyl (C=O) groups is 1. The lowest BCUT2D eigenvalue weighted by molar-refractivity contribution is -0.119. The van der Waals surface area contributed by atoms with Crippen molar-refractivity contribution >= 4 is 17.2 Å². The zero-order valence-corrected chi connectivity index (χ0v) is 9.39. The summed E-state index contributed by atoms with van der Waals surface area (Å²) in [6.07, 6.45) is 1.83. The monoisotopic (exact) mass is 213 g/mol. The number of aromatic nitrogens is 1. The minimum Gasteiger partial charge on any atom is -0.368 e. The molecule has 2 atom stereocenters. The number of rotatable bonds is 4. The van der Waals surface area contributed by atoms with Crippen molar-refractivity contribution in [3.05, 3.63) is 16.1 Å². The van der Waals surface area contributed by atoms with Gasteiger partial charge in [-0.25, -0.2) is 4.98 Å². The number of hydrogen-bond acceptors (Lipinski definition) is 4. The maximum atomic E-state index is 10.8. The summed E-state index contributed by atoms with van der Waals surface area (Å²) in [6.45, 7) is 5.72. The van der Waals surface area contributed by atoms with Crippen LogP contribution in [0.5, 0.6) is 0 Å². The molecule has 1 aromatic heterocycles. The molecule has 1 amide bonds. The Kier molecular flexibility index (Phi) is 3.60. The fourth-order valence-electron chi connectivity index (χ4n) is 1.10. The zero-order chi connectivity index (χ0) is 10.7. The number of nitrogens with two attached hydrogens (primary N) is 1. The lowest BCUT2D eigenvalue weighted by atomic mass is 10.2. The highest BCUT2D eigenvalue weighted by atomic mass is 32.1. The highest BCUT2D eigenvalue weighted by molar-refractivity contribution is 7.11. The Hall–Kier alpha value is -0.940. The molecule has 1 aromatic rings. The molecule has 2 unspecified atom stereocenters. The normalized spacial score (nSPS) is 15.1. The highest BCUT2D eigenvalue weighted by Crippen LogP contribution is 2.19. The third kappa shape index (κ3) is 2.78. The van der Waals surface area contributed by atoms with Crippen LogP contribution in [0.15, 0.2) is 6.20 Å². The minimum atomic E-state index is -0.342. The van der Waals surface area contributed by atoms with Crippen LogP contribution in [0, 0.1) is 6.92 Å². The van der Waals surface area contributed by atoms with Crippen LogP contribution in [0.25, 0.3) is 0 Å². The van der Waals surface area contributed by atoms with Gasteiger partial charge in [0.25, 0.3) is 0 Å². The molecule has 0 saturated heterocycles. The summed E-state index contributed by atoms with van der Waals surface area (Å²) < 4.78 is 0. The molecular weight excluding hydrogens is 198 g/mol. The van der Waals surface area contributed by atoms with Crippen molar-refractivity contribution in [2.45, 2.75) is 32.9 Å². The van der Waals surface area contributed by atoms with Gasteiger partial charge in [-0.15, -0.1) is 11.3 Å². The molecule has 0 aromatic carbocycles. The van der Waals surface area contributed by atoms with Crippen molar-refractivity contribution in [3.8, 4) is 0 Å². The van der Waals surface area contributed by atoms with Crippen LogP contribution in [0.4, 0.5) is 0 Å². The van der Waals surface area contributed by atoms with Crippen LogP contribution in [0.1, 0.15) is 29.8 Å². The van der Waals surface area contributed by atoms with Crippen molar-refractivity contribution < 1.29 is 4.79 Å². The van der Waals surface area contributed by atoms with Gasteiger partial charge in [0, 0.05) is 11.1 Å². The van der Waals surface area contributed by atoms with E-state index in [-0.39, 0.29) is 18.0 Å². The van der Waals surface area contributed by atoms with E-state index in [9.17, 15) is 4.79 Å². The second-order valence-corrected chi connectivity index (χ2v) is 4.59. The Morgan fingerprint density at radius 2 is 2.29 bits per heavy atom. The van der Waals surface area contributed by atoms with Crippen molar-refractivity contribution in [2.75, 3.05) is 0 Å². The van der Waals surface area contributed by atoms with E-state index in [2.05, 4.69) is 10.3 Å². The number of nitrogens with one attached hydrogen (secondary N) is 1. The van der Waals surface area contributed by atoms with Gasteiger partial charge in [0.2, 0.25) is 5.91 Å². The van der Waals surface area contributed by atoms with Gasteiger partial charge in [-0.3, -0.25) is 10.1 Å². The van der Waals surface area contributed by atoms with E-state index in [1.165, 1.54) is 4.88 Å². The average Bonchev–Trinajstić information content (AvgIpc) is 2.51. The first-order valence-corrected chi connectivity index (χ1v) is 5.30. The number of nitrogens with zero attached hydrogens (tertiary/aromatic N) is 1. The van der Waals surface area contributed by atoms with E-state index < -0.39 is 0 Å². The molecule has 0 aliphatic carbocycles. The molecule has 0 saturated carbocycles. The maximum Gasteiger partial charge on any atom is 0.234 e. The maximum absolute atomic E-state index is 10.8. The molecule has 5 heteroatoms. The summed E-state index contributed by atoms with van der Waals surface area (Å²) in [5.41, 5.74) is 5.15. The van der Waals surface area contributed by atoms with Crippen LogP contribution >= 0.6 is 11.3 Å². The molecule has 1 heterocycles. The van der Waals surface area contributed by atoms with Gasteiger partial charge in [0.05, 0.1) is 12.1 Å². The first kappa shape index (κ1) is 11.1. The largest absolute Gasteiger partial charge is 0.368 e. The lowest BCUT2D eigenvalue weighted by Crippen LogP contribution is -2.39. The Morgan fingerprint density at radius 3 is 2.71 bits per heavy atom. The van der Waals surface area contributed by atoms with Crippen LogP contribution in [0.3, 0.4) is 0 Å². The van der Waals surface area contributed by atoms with Crippen LogP contribution in [-0.4, -0.2) is 16.9 Å². The van der Waals surface area contributed by atoms with E-state index >= 15 is 0 Å². The molecule has 14 heavy (non-hydrogen) atoms. The molecule has 78 valence electrons. The standard InChI is InChI=1S/C9H15N3OS/c1-5-4-11-9(14-5)7(3)12-6(2)8(10)13/h4,6-7,12H,1-3H3,(H2,10,13). The van der Waals surface area contributed by atoms with E-state index in [0.717, 1.165) is 5.01 Å². The molecule has 0 fully saturated rings. The van der Waals surface area contributed by atoms with Crippen LogP contribution < -0.4 is 11.1 Å². The summed E-state index contributed by atoms with van der Waals surface area (Å²) in [5, 5.41) is 4.06. The van der Waals surface area contributed by atoms with Gasteiger partial charge in [-0.2, -0.15) is 0 Å². The van der Waals surface area contributed by atoms with E-state index in [1.54, 1.807) is 18.3 Å². The molecule has 1 rings (SSSR count). The van der Waals surface area contributed by atoms with Crippen molar-refractivity contribution in [1.29, 1.82) is 0 Å². The molecular formula is C9H15N3OS. The van der Waals surface area contributed by atoms with Crippen LogP contribution in [-0.2, 0) is 4.79 Å². The Labute approximate surface area is 87.5 Å². The molecule has 0 aliphatic heterocycles. The average molecular weight is 213 g/mol. The summed E-state index contributed by atoms with van der Waals surface area (Å²) in [4.78, 5) is 16.2. The zero-order valence-electron chi connectivity index (χ0n) is 8.57. The summed E-state index contributed by atoms with van der Waals surface area (Å²) in [6, 6.07) is -0.259. The first-order valence-electron chi connectivity index (χ1n) is 4.48. The molecule has 0 spiro atoms. The molecule has 3 N–H and O–H groups in total. The predicted octanol–water partition coefficient (Wildman–Crippen LogP) is 0.976. The number of thiazole rings is 1. The van der Waals surface area contributed by atoms with E-state index in [1.807, 2.05) is 20.0 Å². The number of aryl methyl sites for hydroxylation is 1. The lowest BCUT2D eigenvalue weighted by Gasteiger charge is -2.15. The Bertz CT molecular complexity index is 324. The topological polar surface area (TPSA) is 68.0 Å². The minimum absolute atomic E-state index is 0.0659. The number of hydrogen-bond donors (Lipinski definition) is 2. The molecule has 4 nitrogen and oxygen atoms in total. The van der Waals surface area contributed by atoms with Gasteiger partial charge in [0.15, 0.2) is 0 Å². The Balaban J connectivity index is 2.58. The Morgan fingerprint density at radius 1 is 1.64 bits per heavy atom. The third-order valence-electron chi connectivity index (χ3n) is 1.94. The second-order valence-electron chi connectivity index (χ2n) is 3.32. The summed E-state index contributed by atoms with van der Waals surface area (Å²) in [5.74, 6) is -0.342. The third-order valence-corrected chi connectivity index (χ3v) is 3.03. The van der Waals surface area contributed by atoms with Gasteiger partial charge in [-0.1, -0.05) is 0 Å². The van der Waals surface area contributed by atoms with Crippen molar-refractivity contribution in [1.82, 2.24) is 10.3 Å². The molecule has 0 radical (unpaired) electrons. The fourth-order valence-corrected chi connectivity index (χ4v) is 1.89. The summed E-state index contributed by atoms with van der Waals surface area (Å²) >= 11 is 1.62. The van der Waals surface area contributed by atoms with Crippen molar-refractivity contribution in [2.24, 2.45) is 5.73 Å². The quantitative estimate of drug-likeness (QED) is 0.783. The smallest absolute Gasteiger partial charge is 0.234 e.